The first-order valence-electron chi connectivity index (χ1n) is 16.2. The third kappa shape index (κ3) is 8.40. The fourth-order valence-electron chi connectivity index (χ4n) is 6.83. The van der Waals surface area contributed by atoms with E-state index in [0.717, 1.165) is 30.8 Å². The number of ether oxygens (including phenoxy) is 3. The Kier molecular flexibility index (Phi) is 11.0. The lowest BCUT2D eigenvalue weighted by atomic mass is 9.91. The molecular weight excluding hydrogens is 565 g/mol. The molecule has 3 fully saturated rings. The highest BCUT2D eigenvalue weighted by Gasteiger charge is 2.34. The number of aliphatic hydroxyl groups is 1. The Morgan fingerprint density at radius 2 is 1.84 bits per heavy atom. The van der Waals surface area contributed by atoms with Crippen LogP contribution in [0.1, 0.15) is 58.4 Å². The van der Waals surface area contributed by atoms with Gasteiger partial charge in [0.05, 0.1) is 25.7 Å². The van der Waals surface area contributed by atoms with E-state index < -0.39 is 24.3 Å². The minimum Gasteiger partial charge on any atom is -0.457 e. The summed E-state index contributed by atoms with van der Waals surface area (Å²) < 4.78 is 32.2. The molecule has 0 aliphatic carbocycles. The zero-order valence-electron chi connectivity index (χ0n) is 26.3. The second-order valence-corrected chi connectivity index (χ2v) is 12.9. The molecule has 1 aromatic rings. The number of amides is 1. The first kappa shape index (κ1) is 32.4. The van der Waals surface area contributed by atoms with Crippen molar-refractivity contribution in [3.63, 3.8) is 0 Å². The number of rotatable bonds is 4. The molecule has 5 rings (SSSR count). The number of benzene rings is 1. The van der Waals surface area contributed by atoms with Crippen molar-refractivity contribution in [3.05, 3.63) is 47.3 Å². The van der Waals surface area contributed by atoms with Gasteiger partial charge in [-0.2, -0.15) is 0 Å². The van der Waals surface area contributed by atoms with Crippen LogP contribution in [0.15, 0.2) is 35.9 Å². The van der Waals surface area contributed by atoms with Crippen molar-refractivity contribution in [1.29, 1.82) is 0 Å². The number of piperazine rings is 1. The number of fused-ring (bicyclic) bond motifs is 1. The number of cyclic esters (lactones) is 1. The molecule has 1 aromatic carbocycles. The van der Waals surface area contributed by atoms with Crippen LogP contribution in [0.2, 0.25) is 0 Å². The molecule has 4 heterocycles. The van der Waals surface area contributed by atoms with Crippen molar-refractivity contribution in [2.45, 2.75) is 77.2 Å². The Morgan fingerprint density at radius 1 is 1.05 bits per heavy atom. The number of carbonyl (C=O) groups is 2. The average molecular weight is 614 g/mol. The molecule has 0 radical (unpaired) electrons. The molecule has 1 amide bonds. The number of anilines is 1. The molecule has 0 aromatic heterocycles. The topological polar surface area (TPSA) is 91.8 Å². The summed E-state index contributed by atoms with van der Waals surface area (Å²) >= 11 is 0. The maximum atomic E-state index is 14.7. The van der Waals surface area contributed by atoms with Crippen LogP contribution in [0.4, 0.5) is 14.9 Å². The van der Waals surface area contributed by atoms with Crippen molar-refractivity contribution in [2.75, 3.05) is 57.4 Å². The molecule has 1 N–H and O–H groups in total. The SMILES string of the molecule is C/C(=C\c1cc(F)cc(N2CCOCC2)c1)[C@H]1OC(=O)C[C@H](O)CC[C@H](C)[C@H](OC(=O)N2CCN3CCCC3C2)/C=C/[C@@H]1C. The Morgan fingerprint density at radius 3 is 2.64 bits per heavy atom. The molecule has 4 aliphatic rings. The maximum absolute atomic E-state index is 14.7. The molecule has 9 nitrogen and oxygen atoms in total. The minimum atomic E-state index is -0.861. The summed E-state index contributed by atoms with van der Waals surface area (Å²) in [6.07, 6.45) is 6.53. The van der Waals surface area contributed by atoms with E-state index in [1.54, 1.807) is 0 Å². The summed E-state index contributed by atoms with van der Waals surface area (Å²) in [6, 6.07) is 5.33. The van der Waals surface area contributed by atoms with Gasteiger partial charge in [-0.3, -0.25) is 9.69 Å². The van der Waals surface area contributed by atoms with Gasteiger partial charge in [0, 0.05) is 50.4 Å². The van der Waals surface area contributed by atoms with E-state index in [4.69, 9.17) is 14.2 Å². The molecule has 0 bridgehead atoms. The van der Waals surface area contributed by atoms with Crippen LogP contribution in [0.3, 0.4) is 0 Å². The van der Waals surface area contributed by atoms with Crippen LogP contribution in [-0.4, -0.2) is 104 Å². The predicted molar refractivity (Wildman–Crippen MR) is 167 cm³/mol. The average Bonchev–Trinajstić information content (AvgIpc) is 3.48. The van der Waals surface area contributed by atoms with E-state index in [-0.39, 0.29) is 30.2 Å². The molecule has 1 unspecified atom stereocenters. The lowest BCUT2D eigenvalue weighted by Crippen LogP contribution is -2.52. The zero-order valence-corrected chi connectivity index (χ0v) is 26.3. The van der Waals surface area contributed by atoms with Crippen molar-refractivity contribution in [1.82, 2.24) is 9.80 Å². The number of nitrogens with zero attached hydrogens (tertiary/aromatic N) is 3. The number of carbonyl (C=O) groups excluding carboxylic acids is 2. The second kappa shape index (κ2) is 14.9. The standard InChI is InChI=1S/C34H48FN3O6/c1-23-6-8-30(39)21-32(40)44-33(25(3)17-26-18-27(35)20-29(19-26)37-13-15-42-16-14-37)24(2)7-9-31(23)43-34(41)38-12-11-36-10-4-5-28(36)22-38/h7,9,17-20,23-24,28,30-31,33,39H,4-6,8,10-16,21-22H2,1-3H3/b9-7+,25-17+/t23-,24-,28?,30+,31+,33-/m0/s1. The van der Waals surface area contributed by atoms with E-state index in [2.05, 4.69) is 9.80 Å². The highest BCUT2D eigenvalue weighted by atomic mass is 19.1. The monoisotopic (exact) mass is 613 g/mol. The maximum Gasteiger partial charge on any atom is 0.410 e. The quantitative estimate of drug-likeness (QED) is 0.388. The van der Waals surface area contributed by atoms with Crippen molar-refractivity contribution < 1.29 is 33.3 Å². The van der Waals surface area contributed by atoms with Crippen LogP contribution in [-0.2, 0) is 19.0 Å². The first-order valence-corrected chi connectivity index (χ1v) is 16.2. The summed E-state index contributed by atoms with van der Waals surface area (Å²) in [7, 11) is 0. The van der Waals surface area contributed by atoms with Crippen LogP contribution in [0, 0.1) is 17.7 Å². The molecule has 4 aliphatic heterocycles. The summed E-state index contributed by atoms with van der Waals surface area (Å²) in [4.78, 5) is 32.6. The number of hydrogen-bond donors (Lipinski definition) is 1. The van der Waals surface area contributed by atoms with E-state index in [1.807, 2.05) is 50.0 Å². The summed E-state index contributed by atoms with van der Waals surface area (Å²) in [5.41, 5.74) is 2.20. The Hall–Kier alpha value is -2.95. The number of halogens is 1. The highest BCUT2D eigenvalue weighted by molar-refractivity contribution is 5.71. The van der Waals surface area contributed by atoms with Gasteiger partial charge >= 0.3 is 12.1 Å². The fraction of sp³-hybridized carbons (Fsp3) is 0.647. The Labute approximate surface area is 260 Å². The number of hydrogen-bond acceptors (Lipinski definition) is 8. The van der Waals surface area contributed by atoms with E-state index in [0.29, 0.717) is 63.8 Å². The molecule has 0 spiro atoms. The van der Waals surface area contributed by atoms with Crippen molar-refractivity contribution >= 4 is 23.8 Å². The number of aliphatic hydroxyl groups excluding tert-OH is 1. The van der Waals surface area contributed by atoms with Gasteiger partial charge < -0.3 is 29.1 Å². The van der Waals surface area contributed by atoms with Crippen LogP contribution < -0.4 is 4.90 Å². The molecule has 6 atom stereocenters. The highest BCUT2D eigenvalue weighted by Crippen LogP contribution is 2.28. The molecule has 44 heavy (non-hydrogen) atoms. The lowest BCUT2D eigenvalue weighted by molar-refractivity contribution is -0.151. The largest absolute Gasteiger partial charge is 0.457 e. The van der Waals surface area contributed by atoms with Gasteiger partial charge in [0.15, 0.2) is 0 Å². The first-order chi connectivity index (χ1) is 21.2. The van der Waals surface area contributed by atoms with Crippen molar-refractivity contribution in [2.24, 2.45) is 11.8 Å². The minimum absolute atomic E-state index is 0.0544. The lowest BCUT2D eigenvalue weighted by Gasteiger charge is -2.37. The summed E-state index contributed by atoms with van der Waals surface area (Å²) in [5, 5.41) is 10.6. The molecular formula is C34H48FN3O6. The van der Waals surface area contributed by atoms with Crippen LogP contribution in [0.5, 0.6) is 0 Å². The van der Waals surface area contributed by atoms with Gasteiger partial charge in [0.25, 0.3) is 0 Å². The van der Waals surface area contributed by atoms with E-state index in [1.165, 1.54) is 18.6 Å². The van der Waals surface area contributed by atoms with Gasteiger partial charge in [-0.1, -0.05) is 26.0 Å². The van der Waals surface area contributed by atoms with E-state index in [9.17, 15) is 19.1 Å². The normalized spacial score (nSPS) is 31.8. The second-order valence-electron chi connectivity index (χ2n) is 12.9. The van der Waals surface area contributed by atoms with Gasteiger partial charge in [-0.15, -0.1) is 0 Å². The number of morpholine rings is 1. The molecule has 242 valence electrons. The number of esters is 1. The van der Waals surface area contributed by atoms with Gasteiger partial charge in [0.2, 0.25) is 0 Å². The third-order valence-electron chi connectivity index (χ3n) is 9.47. The molecule has 0 saturated carbocycles. The summed E-state index contributed by atoms with van der Waals surface area (Å²) in [6.45, 7) is 11.7. The smallest absolute Gasteiger partial charge is 0.410 e. The van der Waals surface area contributed by atoms with Crippen LogP contribution >= 0.6 is 0 Å². The van der Waals surface area contributed by atoms with Gasteiger partial charge in [-0.05, 0) is 80.5 Å². The summed E-state index contributed by atoms with van der Waals surface area (Å²) in [5.74, 6) is -1.14. The van der Waals surface area contributed by atoms with Gasteiger partial charge in [0.1, 0.15) is 18.0 Å². The zero-order chi connectivity index (χ0) is 31.2. The van der Waals surface area contributed by atoms with Crippen molar-refractivity contribution in [3.8, 4) is 0 Å². The third-order valence-corrected chi connectivity index (χ3v) is 9.47. The van der Waals surface area contributed by atoms with Gasteiger partial charge in [-0.25, -0.2) is 9.18 Å². The fourth-order valence-corrected chi connectivity index (χ4v) is 6.83. The molecule has 10 heteroatoms. The Bertz CT molecular complexity index is 1220. The predicted octanol–water partition coefficient (Wildman–Crippen LogP) is 4.64. The van der Waals surface area contributed by atoms with Crippen LogP contribution in [0.25, 0.3) is 6.08 Å². The molecule has 3 saturated heterocycles. The Balaban J connectivity index is 1.34. The van der Waals surface area contributed by atoms with E-state index >= 15 is 0 Å².